The molecule has 1 amide bonds. The Morgan fingerprint density at radius 1 is 1.00 bits per heavy atom. The van der Waals surface area contributed by atoms with Gasteiger partial charge in [-0.25, -0.2) is 0 Å². The minimum atomic E-state index is -0.671. The van der Waals surface area contributed by atoms with Crippen LogP contribution in [0.3, 0.4) is 0 Å². The summed E-state index contributed by atoms with van der Waals surface area (Å²) in [5.41, 5.74) is 8.03. The van der Waals surface area contributed by atoms with Crippen molar-refractivity contribution in [2.24, 2.45) is 10.9 Å². The lowest BCUT2D eigenvalue weighted by molar-refractivity contribution is 0.0942. The number of nitrogens with two attached hydrogens (primary N) is 1. The maximum Gasteiger partial charge on any atom is 0.252 e. The molecule has 0 saturated heterocycles. The Morgan fingerprint density at radius 2 is 1.70 bits per heavy atom. The summed E-state index contributed by atoms with van der Waals surface area (Å²) in [4.78, 5) is 12.4. The van der Waals surface area contributed by atoms with Gasteiger partial charge in [-0.05, 0) is 55.4 Å². The summed E-state index contributed by atoms with van der Waals surface area (Å²) in [6.45, 7) is 1.48. The van der Waals surface area contributed by atoms with Crippen LogP contribution in [0.25, 0.3) is 0 Å². The fourth-order valence-corrected chi connectivity index (χ4v) is 3.43. The van der Waals surface area contributed by atoms with Gasteiger partial charge in [-0.3, -0.25) is 4.79 Å². The lowest BCUT2D eigenvalue weighted by atomic mass is 10.0. The van der Waals surface area contributed by atoms with Crippen molar-refractivity contribution in [3.8, 4) is 0 Å². The molecule has 2 aromatic carbocycles. The van der Waals surface area contributed by atoms with Crippen LogP contribution < -0.4 is 11.1 Å². The molecule has 2 aromatic rings. The standard InChI is InChI=1S/C24H31N3O3/c25-23(27-29)24(15-16-24)26-22(28)21-13-11-19(12-14-21)8-4-1-2-7-17-30-18-20-9-5-3-6-10-20/h3,5-6,9-14,29H,1-2,4,7-8,15-18H2,(H2,25,27)(H,26,28). The van der Waals surface area contributed by atoms with Crippen molar-refractivity contribution in [2.45, 2.75) is 57.1 Å². The van der Waals surface area contributed by atoms with Crippen LogP contribution >= 0.6 is 0 Å². The second-order valence-electron chi connectivity index (χ2n) is 7.92. The van der Waals surface area contributed by atoms with E-state index in [1.54, 1.807) is 0 Å². The van der Waals surface area contributed by atoms with Crippen LogP contribution in [0.1, 0.15) is 60.0 Å². The zero-order chi connectivity index (χ0) is 21.2. The van der Waals surface area contributed by atoms with E-state index in [2.05, 4.69) is 22.6 Å². The third-order valence-electron chi connectivity index (χ3n) is 5.53. The van der Waals surface area contributed by atoms with Crippen LogP contribution in [-0.4, -0.2) is 29.1 Å². The smallest absolute Gasteiger partial charge is 0.252 e. The SMILES string of the molecule is N/C(=N\O)C1(NC(=O)c2ccc(CCCCCCOCc3ccccc3)cc2)CC1. The number of nitrogens with one attached hydrogen (secondary N) is 1. The third-order valence-corrected chi connectivity index (χ3v) is 5.53. The van der Waals surface area contributed by atoms with E-state index in [9.17, 15) is 4.79 Å². The summed E-state index contributed by atoms with van der Waals surface area (Å²) in [7, 11) is 0. The van der Waals surface area contributed by atoms with Gasteiger partial charge in [0.1, 0.15) is 5.54 Å². The number of carbonyl (C=O) groups is 1. The lowest BCUT2D eigenvalue weighted by Crippen LogP contribution is -2.46. The predicted molar refractivity (Wildman–Crippen MR) is 118 cm³/mol. The highest BCUT2D eigenvalue weighted by Gasteiger charge is 2.48. The molecule has 4 N–H and O–H groups in total. The summed E-state index contributed by atoms with van der Waals surface area (Å²) in [6, 6.07) is 17.9. The van der Waals surface area contributed by atoms with Gasteiger partial charge in [-0.15, -0.1) is 0 Å². The van der Waals surface area contributed by atoms with Gasteiger partial charge in [0.15, 0.2) is 5.84 Å². The molecule has 6 nitrogen and oxygen atoms in total. The number of hydrogen-bond donors (Lipinski definition) is 3. The molecule has 6 heteroatoms. The Morgan fingerprint density at radius 3 is 2.37 bits per heavy atom. The lowest BCUT2D eigenvalue weighted by Gasteiger charge is -2.15. The first-order valence-electron chi connectivity index (χ1n) is 10.6. The summed E-state index contributed by atoms with van der Waals surface area (Å²) >= 11 is 0. The van der Waals surface area contributed by atoms with Gasteiger partial charge in [0.25, 0.3) is 5.91 Å². The Hall–Kier alpha value is -2.86. The second-order valence-corrected chi connectivity index (χ2v) is 7.92. The van der Waals surface area contributed by atoms with Crippen molar-refractivity contribution in [3.63, 3.8) is 0 Å². The minimum absolute atomic E-state index is 0.0675. The monoisotopic (exact) mass is 409 g/mol. The minimum Gasteiger partial charge on any atom is -0.409 e. The number of hydrogen-bond acceptors (Lipinski definition) is 4. The Balaban J connectivity index is 1.29. The van der Waals surface area contributed by atoms with E-state index in [4.69, 9.17) is 15.7 Å². The molecular formula is C24H31N3O3. The molecule has 1 aliphatic carbocycles. The van der Waals surface area contributed by atoms with Crippen LogP contribution in [0.4, 0.5) is 0 Å². The highest BCUT2D eigenvalue weighted by Crippen LogP contribution is 2.35. The number of carbonyl (C=O) groups excluding carboxylic acids is 1. The number of amides is 1. The number of rotatable bonds is 12. The molecule has 3 rings (SSSR count). The average molecular weight is 410 g/mol. The number of ether oxygens (including phenoxy) is 1. The highest BCUT2D eigenvalue weighted by atomic mass is 16.5. The van der Waals surface area contributed by atoms with Gasteiger partial charge in [0.05, 0.1) is 6.61 Å². The highest BCUT2D eigenvalue weighted by molar-refractivity contribution is 6.01. The van der Waals surface area contributed by atoms with Crippen molar-refractivity contribution < 1.29 is 14.7 Å². The van der Waals surface area contributed by atoms with Crippen LogP contribution in [0.15, 0.2) is 59.8 Å². The van der Waals surface area contributed by atoms with Crippen molar-refractivity contribution in [1.29, 1.82) is 0 Å². The van der Waals surface area contributed by atoms with Gasteiger partial charge in [-0.2, -0.15) is 0 Å². The first kappa shape index (κ1) is 21.8. The molecule has 0 atom stereocenters. The van der Waals surface area contributed by atoms with E-state index in [0.717, 1.165) is 32.3 Å². The largest absolute Gasteiger partial charge is 0.409 e. The molecule has 160 valence electrons. The van der Waals surface area contributed by atoms with Crippen molar-refractivity contribution in [3.05, 3.63) is 71.3 Å². The van der Waals surface area contributed by atoms with Crippen LogP contribution in [0.5, 0.6) is 0 Å². The molecule has 0 aliphatic heterocycles. The number of amidine groups is 1. The van der Waals surface area contributed by atoms with Crippen molar-refractivity contribution in [2.75, 3.05) is 6.61 Å². The second kappa shape index (κ2) is 10.8. The quantitative estimate of drug-likeness (QED) is 0.162. The number of unbranched alkanes of at least 4 members (excludes halogenated alkanes) is 3. The molecule has 0 heterocycles. The Bertz CT molecular complexity index is 831. The molecular weight excluding hydrogens is 378 g/mol. The number of nitrogens with zero attached hydrogens (tertiary/aromatic N) is 1. The van der Waals surface area contributed by atoms with Gasteiger partial charge in [0, 0.05) is 12.2 Å². The van der Waals surface area contributed by atoms with E-state index >= 15 is 0 Å². The normalized spacial score (nSPS) is 15.0. The predicted octanol–water partition coefficient (Wildman–Crippen LogP) is 4.02. The van der Waals surface area contributed by atoms with E-state index in [1.165, 1.54) is 17.5 Å². The molecule has 0 radical (unpaired) electrons. The van der Waals surface area contributed by atoms with Crippen LogP contribution in [0, 0.1) is 0 Å². The molecule has 0 aromatic heterocycles. The van der Waals surface area contributed by atoms with E-state index in [-0.39, 0.29) is 11.7 Å². The van der Waals surface area contributed by atoms with Crippen LogP contribution in [-0.2, 0) is 17.8 Å². The van der Waals surface area contributed by atoms with E-state index in [0.29, 0.717) is 25.0 Å². The van der Waals surface area contributed by atoms with Crippen molar-refractivity contribution in [1.82, 2.24) is 5.32 Å². The van der Waals surface area contributed by atoms with Gasteiger partial charge in [-0.1, -0.05) is 60.5 Å². The van der Waals surface area contributed by atoms with E-state index in [1.807, 2.05) is 42.5 Å². The third kappa shape index (κ3) is 6.32. The molecule has 30 heavy (non-hydrogen) atoms. The molecule has 1 saturated carbocycles. The number of benzene rings is 2. The maximum absolute atomic E-state index is 12.4. The van der Waals surface area contributed by atoms with Crippen molar-refractivity contribution >= 4 is 11.7 Å². The van der Waals surface area contributed by atoms with Gasteiger partial charge < -0.3 is 21.0 Å². The first-order valence-corrected chi connectivity index (χ1v) is 10.6. The fraction of sp³-hybridized carbons (Fsp3) is 0.417. The summed E-state index contributed by atoms with van der Waals surface area (Å²) in [6.07, 6.45) is 6.92. The number of aryl methyl sites for hydroxylation is 1. The molecule has 1 fully saturated rings. The van der Waals surface area contributed by atoms with Gasteiger partial charge in [0.2, 0.25) is 0 Å². The van der Waals surface area contributed by atoms with Crippen LogP contribution in [0.2, 0.25) is 0 Å². The molecule has 0 unspecified atom stereocenters. The first-order chi connectivity index (χ1) is 14.6. The summed E-state index contributed by atoms with van der Waals surface area (Å²) in [5, 5.41) is 14.8. The van der Waals surface area contributed by atoms with Gasteiger partial charge >= 0.3 is 0 Å². The zero-order valence-electron chi connectivity index (χ0n) is 17.3. The topological polar surface area (TPSA) is 96.9 Å². The summed E-state index contributed by atoms with van der Waals surface area (Å²) in [5.74, 6) is -0.126. The van der Waals surface area contributed by atoms with E-state index < -0.39 is 5.54 Å². The molecule has 0 bridgehead atoms. The Labute approximate surface area is 178 Å². The molecule has 1 aliphatic rings. The molecule has 0 spiro atoms. The zero-order valence-corrected chi connectivity index (χ0v) is 17.3. The maximum atomic E-state index is 12.4. The summed E-state index contributed by atoms with van der Waals surface area (Å²) < 4.78 is 5.71. The average Bonchev–Trinajstić information content (AvgIpc) is 3.56. The number of oxime groups is 1. The fourth-order valence-electron chi connectivity index (χ4n) is 3.43. The Kier molecular flexibility index (Phi) is 7.85.